The molecular weight excluding hydrogens is 408 g/mol. The van der Waals surface area contributed by atoms with Crippen LogP contribution in [-0.4, -0.2) is 49.8 Å². The van der Waals surface area contributed by atoms with Crippen LogP contribution in [0.15, 0.2) is 67.4 Å². The second-order valence-corrected chi connectivity index (χ2v) is 9.42. The van der Waals surface area contributed by atoms with E-state index in [1.54, 1.807) is 12.7 Å². The van der Waals surface area contributed by atoms with Crippen LogP contribution in [-0.2, 0) is 6.42 Å². The number of H-pyrrole nitrogens is 1. The highest BCUT2D eigenvalue weighted by atomic mass is 15.2. The fourth-order valence-corrected chi connectivity index (χ4v) is 5.24. The number of fused-ring (bicyclic) bond motifs is 1. The van der Waals surface area contributed by atoms with Gasteiger partial charge in [0, 0.05) is 40.9 Å². The molecule has 33 heavy (non-hydrogen) atoms. The highest BCUT2D eigenvalue weighted by molar-refractivity contribution is 5.85. The molecular formula is C27H34N6. The molecule has 1 aliphatic heterocycles. The number of likely N-dealkylation sites (tertiary alicyclic amines) is 1. The van der Waals surface area contributed by atoms with Gasteiger partial charge in [0.25, 0.3) is 0 Å². The van der Waals surface area contributed by atoms with Gasteiger partial charge in [-0.15, -0.1) is 10.2 Å². The molecule has 1 aliphatic rings. The standard InChI is InChI=1S/C27H34N6/c1-20-15-24(31-21(2)22-7-4-3-5-8-22)12-14-32(20)13-6-9-23-17-28-27-11-10-25(16-26(23)27)33-18-29-30-19-33/h3-5,7-8,10-11,16-21,24,28,31H,6,9,12-15H2,1-2H3/t20?,21-,24?/m1/s1. The third-order valence-electron chi connectivity index (χ3n) is 7.16. The summed E-state index contributed by atoms with van der Waals surface area (Å²) in [5, 5.41) is 13.0. The summed E-state index contributed by atoms with van der Waals surface area (Å²) in [5.74, 6) is 0. The molecule has 6 nitrogen and oxygen atoms in total. The SMILES string of the molecule is CC1CC(N[C@H](C)c2ccccc2)CCN1CCCc1c[nH]c2ccc(-n3cnnc3)cc12. The normalized spacial score (nSPS) is 20.3. The Morgan fingerprint density at radius 1 is 1.12 bits per heavy atom. The van der Waals surface area contributed by atoms with Gasteiger partial charge >= 0.3 is 0 Å². The van der Waals surface area contributed by atoms with E-state index in [1.165, 1.54) is 47.8 Å². The van der Waals surface area contributed by atoms with Gasteiger partial charge in [0.1, 0.15) is 12.7 Å². The second-order valence-electron chi connectivity index (χ2n) is 9.42. The molecule has 4 aromatic rings. The number of aromatic nitrogens is 4. The number of benzene rings is 2. The Kier molecular flexibility index (Phi) is 6.55. The number of nitrogens with zero attached hydrogens (tertiary/aromatic N) is 4. The molecule has 2 aromatic heterocycles. The van der Waals surface area contributed by atoms with Crippen LogP contribution in [0.2, 0.25) is 0 Å². The first kappa shape index (κ1) is 21.9. The van der Waals surface area contributed by atoms with Gasteiger partial charge in [0.2, 0.25) is 0 Å². The maximum atomic E-state index is 3.93. The Bertz CT molecular complexity index is 1150. The second kappa shape index (κ2) is 9.89. The Morgan fingerprint density at radius 2 is 1.94 bits per heavy atom. The van der Waals surface area contributed by atoms with Crippen LogP contribution in [0.3, 0.4) is 0 Å². The molecule has 1 fully saturated rings. The third kappa shape index (κ3) is 5.02. The number of piperidine rings is 1. The molecule has 0 spiro atoms. The van der Waals surface area contributed by atoms with E-state index in [-0.39, 0.29) is 0 Å². The van der Waals surface area contributed by atoms with Crippen LogP contribution < -0.4 is 5.32 Å². The molecule has 0 bridgehead atoms. The van der Waals surface area contributed by atoms with Crippen LogP contribution >= 0.6 is 0 Å². The van der Waals surface area contributed by atoms with Crippen molar-refractivity contribution in [2.45, 2.75) is 57.7 Å². The summed E-state index contributed by atoms with van der Waals surface area (Å²) in [7, 11) is 0. The van der Waals surface area contributed by atoms with E-state index in [0.717, 1.165) is 18.7 Å². The van der Waals surface area contributed by atoms with Crippen molar-refractivity contribution in [3.8, 4) is 5.69 Å². The zero-order valence-corrected chi connectivity index (χ0v) is 19.6. The molecule has 1 saturated heterocycles. The van der Waals surface area contributed by atoms with Crippen molar-refractivity contribution < 1.29 is 0 Å². The fourth-order valence-electron chi connectivity index (χ4n) is 5.24. The van der Waals surface area contributed by atoms with Crippen molar-refractivity contribution in [1.82, 2.24) is 30.0 Å². The Labute approximate surface area is 196 Å². The van der Waals surface area contributed by atoms with Crippen molar-refractivity contribution in [2.24, 2.45) is 0 Å². The van der Waals surface area contributed by atoms with E-state index in [4.69, 9.17) is 0 Å². The molecule has 3 atom stereocenters. The topological polar surface area (TPSA) is 61.8 Å². The van der Waals surface area contributed by atoms with Crippen molar-refractivity contribution in [3.63, 3.8) is 0 Å². The van der Waals surface area contributed by atoms with Gasteiger partial charge in [-0.1, -0.05) is 30.3 Å². The average molecular weight is 443 g/mol. The van der Waals surface area contributed by atoms with E-state index < -0.39 is 0 Å². The van der Waals surface area contributed by atoms with Gasteiger partial charge < -0.3 is 15.2 Å². The predicted molar refractivity (Wildman–Crippen MR) is 134 cm³/mol. The Balaban J connectivity index is 1.13. The lowest BCUT2D eigenvalue weighted by molar-refractivity contribution is 0.131. The molecule has 0 saturated carbocycles. The first-order chi connectivity index (χ1) is 16.2. The average Bonchev–Trinajstić information content (AvgIpc) is 3.51. The monoisotopic (exact) mass is 442 g/mol. The molecule has 6 heteroatoms. The maximum absolute atomic E-state index is 3.93. The molecule has 172 valence electrons. The first-order valence-electron chi connectivity index (χ1n) is 12.2. The van der Waals surface area contributed by atoms with Crippen molar-refractivity contribution in [1.29, 1.82) is 0 Å². The largest absolute Gasteiger partial charge is 0.361 e. The summed E-state index contributed by atoms with van der Waals surface area (Å²) in [5.41, 5.74) is 5.05. The van der Waals surface area contributed by atoms with Gasteiger partial charge in [-0.2, -0.15) is 0 Å². The summed E-state index contributed by atoms with van der Waals surface area (Å²) in [6.45, 7) is 6.99. The van der Waals surface area contributed by atoms with Crippen LogP contribution in [0.5, 0.6) is 0 Å². The summed E-state index contributed by atoms with van der Waals surface area (Å²) in [6.07, 6.45) is 10.4. The van der Waals surface area contributed by atoms with Crippen LogP contribution in [0.4, 0.5) is 0 Å². The van der Waals surface area contributed by atoms with Gasteiger partial charge in [-0.3, -0.25) is 4.57 Å². The van der Waals surface area contributed by atoms with Crippen molar-refractivity contribution in [2.75, 3.05) is 13.1 Å². The molecule has 5 rings (SSSR count). The van der Waals surface area contributed by atoms with E-state index in [9.17, 15) is 0 Å². The molecule has 0 radical (unpaired) electrons. The summed E-state index contributed by atoms with van der Waals surface area (Å²) in [6, 6.07) is 18.9. The molecule has 2 N–H and O–H groups in total. The zero-order chi connectivity index (χ0) is 22.6. The molecule has 0 amide bonds. The van der Waals surface area contributed by atoms with Crippen LogP contribution in [0, 0.1) is 0 Å². The lowest BCUT2D eigenvalue weighted by atomic mass is 9.96. The first-order valence-corrected chi connectivity index (χ1v) is 12.2. The lowest BCUT2D eigenvalue weighted by Gasteiger charge is -2.39. The number of aromatic amines is 1. The summed E-state index contributed by atoms with van der Waals surface area (Å²) >= 11 is 0. The summed E-state index contributed by atoms with van der Waals surface area (Å²) in [4.78, 5) is 6.10. The third-order valence-corrected chi connectivity index (χ3v) is 7.16. The number of hydrogen-bond donors (Lipinski definition) is 2. The maximum Gasteiger partial charge on any atom is 0.123 e. The summed E-state index contributed by atoms with van der Waals surface area (Å²) < 4.78 is 1.95. The minimum Gasteiger partial charge on any atom is -0.361 e. The molecule has 2 aromatic carbocycles. The predicted octanol–water partition coefficient (Wildman–Crippen LogP) is 4.88. The number of nitrogens with one attached hydrogen (secondary N) is 2. The quantitative estimate of drug-likeness (QED) is 0.408. The lowest BCUT2D eigenvalue weighted by Crippen LogP contribution is -2.48. The van der Waals surface area contributed by atoms with Crippen LogP contribution in [0.1, 0.15) is 50.3 Å². The zero-order valence-electron chi connectivity index (χ0n) is 19.6. The highest BCUT2D eigenvalue weighted by Crippen LogP contribution is 2.25. The number of rotatable bonds is 8. The van der Waals surface area contributed by atoms with Crippen LogP contribution in [0.25, 0.3) is 16.6 Å². The van der Waals surface area contributed by atoms with E-state index in [0.29, 0.717) is 18.1 Å². The van der Waals surface area contributed by atoms with Gasteiger partial charge in [0.15, 0.2) is 0 Å². The number of aryl methyl sites for hydroxylation is 1. The molecule has 0 aliphatic carbocycles. The Hall–Kier alpha value is -2.96. The van der Waals surface area contributed by atoms with Gasteiger partial charge in [-0.05, 0) is 81.9 Å². The van der Waals surface area contributed by atoms with Gasteiger partial charge in [-0.25, -0.2) is 0 Å². The smallest absolute Gasteiger partial charge is 0.123 e. The highest BCUT2D eigenvalue weighted by Gasteiger charge is 2.26. The van der Waals surface area contributed by atoms with E-state index in [1.807, 2.05) is 4.57 Å². The minimum absolute atomic E-state index is 0.403. The van der Waals surface area contributed by atoms with E-state index in [2.05, 4.69) is 94.0 Å². The molecule has 2 unspecified atom stereocenters. The Morgan fingerprint density at radius 3 is 2.73 bits per heavy atom. The van der Waals surface area contributed by atoms with Gasteiger partial charge in [0.05, 0.1) is 0 Å². The van der Waals surface area contributed by atoms with Crippen molar-refractivity contribution in [3.05, 3.63) is 78.5 Å². The fraction of sp³-hybridized carbons (Fsp3) is 0.407. The molecule has 3 heterocycles. The van der Waals surface area contributed by atoms with E-state index >= 15 is 0 Å². The minimum atomic E-state index is 0.403. The number of hydrogen-bond acceptors (Lipinski definition) is 4. The van der Waals surface area contributed by atoms with Crippen molar-refractivity contribution >= 4 is 10.9 Å².